The van der Waals surface area contributed by atoms with Crippen LogP contribution in [0.4, 0.5) is 10.8 Å². The number of thiazole rings is 1. The number of rotatable bonds is 9. The van der Waals surface area contributed by atoms with E-state index < -0.39 is 10.0 Å². The molecule has 2 heterocycles. The quantitative estimate of drug-likeness (QED) is 0.233. The van der Waals surface area contributed by atoms with Gasteiger partial charge in [-0.3, -0.25) is 14.0 Å². The van der Waals surface area contributed by atoms with Crippen LogP contribution in [0.25, 0.3) is 10.2 Å². The summed E-state index contributed by atoms with van der Waals surface area (Å²) >= 11 is 1.49. The Morgan fingerprint density at radius 1 is 1.05 bits per heavy atom. The van der Waals surface area contributed by atoms with Gasteiger partial charge in [0.15, 0.2) is 5.13 Å². The Hall–Kier alpha value is -3.27. The van der Waals surface area contributed by atoms with Crippen LogP contribution in [0.3, 0.4) is 0 Å². The maximum atomic E-state index is 13.9. The highest BCUT2D eigenvalue weighted by Gasteiger charge is 2.29. The summed E-state index contributed by atoms with van der Waals surface area (Å²) < 4.78 is 35.1. The number of amides is 1. The summed E-state index contributed by atoms with van der Waals surface area (Å²) in [6, 6.07) is 21.3. The van der Waals surface area contributed by atoms with Gasteiger partial charge in [0, 0.05) is 18.7 Å². The largest absolute Gasteiger partial charge is 0.376 e. The standard InChI is InChI=1S/C30H33N3O4S2/c1-4-33(23-10-6-5-7-11-23)39(35,36)25-17-15-22(16-18-25)29(34)32(20-24-12-9-19-37-24)30-31-28-26(21(2)3)13-8-14-27(28)38-30/h5-8,10-11,13-18,21,24H,4,9,12,19-20H2,1-3H3. The molecule has 1 aliphatic rings. The molecule has 0 N–H and O–H groups in total. The third kappa shape index (κ3) is 5.57. The topological polar surface area (TPSA) is 79.8 Å². The smallest absolute Gasteiger partial charge is 0.264 e. The molecular weight excluding hydrogens is 530 g/mol. The molecule has 5 rings (SSSR count). The van der Waals surface area contributed by atoms with Crippen molar-refractivity contribution in [3.63, 3.8) is 0 Å². The van der Waals surface area contributed by atoms with E-state index >= 15 is 0 Å². The van der Waals surface area contributed by atoms with Crippen molar-refractivity contribution in [2.24, 2.45) is 0 Å². The highest BCUT2D eigenvalue weighted by atomic mass is 32.2. The lowest BCUT2D eigenvalue weighted by atomic mass is 10.0. The number of aromatic nitrogens is 1. The number of hydrogen-bond donors (Lipinski definition) is 0. The number of carbonyl (C=O) groups is 1. The van der Waals surface area contributed by atoms with E-state index in [1.54, 1.807) is 36.1 Å². The number of sulfonamides is 1. The maximum Gasteiger partial charge on any atom is 0.264 e. The Balaban J connectivity index is 1.47. The van der Waals surface area contributed by atoms with E-state index in [0.29, 0.717) is 35.5 Å². The number of ether oxygens (including phenoxy) is 1. The monoisotopic (exact) mass is 563 g/mol. The van der Waals surface area contributed by atoms with Crippen molar-refractivity contribution in [2.75, 3.05) is 28.9 Å². The Morgan fingerprint density at radius 2 is 1.79 bits per heavy atom. The molecule has 1 unspecified atom stereocenters. The molecule has 0 radical (unpaired) electrons. The summed E-state index contributed by atoms with van der Waals surface area (Å²) in [6.45, 7) is 7.44. The van der Waals surface area contributed by atoms with Gasteiger partial charge < -0.3 is 4.74 Å². The molecule has 0 aliphatic carbocycles. The van der Waals surface area contributed by atoms with Gasteiger partial charge in [0.05, 0.1) is 33.4 Å². The van der Waals surface area contributed by atoms with Crippen LogP contribution in [0.15, 0.2) is 77.7 Å². The molecule has 1 saturated heterocycles. The fourth-order valence-electron chi connectivity index (χ4n) is 4.92. The molecule has 39 heavy (non-hydrogen) atoms. The van der Waals surface area contributed by atoms with Crippen molar-refractivity contribution in [2.45, 2.75) is 50.5 Å². The summed E-state index contributed by atoms with van der Waals surface area (Å²) in [7, 11) is -3.79. The SMILES string of the molecule is CCN(c1ccccc1)S(=O)(=O)c1ccc(C(=O)N(CC2CCCO2)c2nc3c(C(C)C)cccc3s2)cc1. The Bertz CT molecular complexity index is 1540. The minimum atomic E-state index is -3.79. The van der Waals surface area contributed by atoms with Crippen LogP contribution < -0.4 is 9.21 Å². The third-order valence-electron chi connectivity index (χ3n) is 6.97. The van der Waals surface area contributed by atoms with Gasteiger partial charge >= 0.3 is 0 Å². The van der Waals surface area contributed by atoms with Crippen molar-refractivity contribution >= 4 is 48.3 Å². The lowest BCUT2D eigenvalue weighted by Crippen LogP contribution is -2.37. The van der Waals surface area contributed by atoms with E-state index in [-0.39, 0.29) is 23.5 Å². The molecule has 1 atom stereocenters. The molecule has 4 aromatic rings. The highest BCUT2D eigenvalue weighted by molar-refractivity contribution is 7.92. The minimum Gasteiger partial charge on any atom is -0.376 e. The summed E-state index contributed by atoms with van der Waals surface area (Å²) in [5.74, 6) is 0.0778. The lowest BCUT2D eigenvalue weighted by molar-refractivity contribution is 0.0917. The molecule has 7 nitrogen and oxygen atoms in total. The number of nitrogens with zero attached hydrogens (tertiary/aromatic N) is 3. The zero-order valence-electron chi connectivity index (χ0n) is 22.4. The van der Waals surface area contributed by atoms with Crippen LogP contribution in [0.1, 0.15) is 55.5 Å². The summed E-state index contributed by atoms with van der Waals surface area (Å²) in [5.41, 5.74) is 3.06. The van der Waals surface area contributed by atoms with Crippen molar-refractivity contribution in [3.05, 3.63) is 83.9 Å². The summed E-state index contributed by atoms with van der Waals surface area (Å²) in [6.07, 6.45) is 1.79. The first kappa shape index (κ1) is 27.3. The summed E-state index contributed by atoms with van der Waals surface area (Å²) in [4.78, 5) is 20.6. The normalized spacial score (nSPS) is 15.6. The predicted molar refractivity (Wildman–Crippen MR) is 157 cm³/mol. The zero-order valence-corrected chi connectivity index (χ0v) is 24.0. The second-order valence-corrected chi connectivity index (χ2v) is 12.8. The minimum absolute atomic E-state index is 0.0610. The molecule has 3 aromatic carbocycles. The van der Waals surface area contributed by atoms with E-state index in [0.717, 1.165) is 28.6 Å². The zero-order chi connectivity index (χ0) is 27.6. The average Bonchev–Trinajstić information content (AvgIpc) is 3.62. The van der Waals surface area contributed by atoms with Gasteiger partial charge in [-0.25, -0.2) is 13.4 Å². The van der Waals surface area contributed by atoms with Crippen LogP contribution in [0, 0.1) is 0 Å². The molecule has 0 saturated carbocycles. The highest BCUT2D eigenvalue weighted by Crippen LogP contribution is 2.35. The predicted octanol–water partition coefficient (Wildman–Crippen LogP) is 6.46. The molecule has 1 aromatic heterocycles. The maximum absolute atomic E-state index is 13.9. The first-order chi connectivity index (χ1) is 18.8. The lowest BCUT2D eigenvalue weighted by Gasteiger charge is -2.24. The van der Waals surface area contributed by atoms with Crippen LogP contribution in [-0.2, 0) is 14.8 Å². The number of fused-ring (bicyclic) bond motifs is 1. The first-order valence-corrected chi connectivity index (χ1v) is 15.6. The molecule has 0 spiro atoms. The van der Waals surface area contributed by atoms with Gasteiger partial charge in [-0.15, -0.1) is 0 Å². The number of benzene rings is 3. The van der Waals surface area contributed by atoms with Crippen LogP contribution in [0.2, 0.25) is 0 Å². The van der Waals surface area contributed by atoms with Gasteiger partial charge in [-0.1, -0.05) is 55.5 Å². The molecule has 204 valence electrons. The molecule has 9 heteroatoms. The Kier molecular flexibility index (Phi) is 8.02. The van der Waals surface area contributed by atoms with Crippen LogP contribution in [0.5, 0.6) is 0 Å². The van der Waals surface area contributed by atoms with Gasteiger partial charge in [0.25, 0.3) is 15.9 Å². The third-order valence-corrected chi connectivity index (χ3v) is 9.93. The van der Waals surface area contributed by atoms with Crippen LogP contribution >= 0.6 is 11.3 Å². The number of anilines is 2. The number of para-hydroxylation sites is 2. The second kappa shape index (κ2) is 11.5. The first-order valence-electron chi connectivity index (χ1n) is 13.3. The van der Waals surface area contributed by atoms with E-state index in [2.05, 4.69) is 19.9 Å². The van der Waals surface area contributed by atoms with Crippen molar-refractivity contribution in [1.29, 1.82) is 0 Å². The summed E-state index contributed by atoms with van der Waals surface area (Å²) in [5, 5.41) is 0.622. The molecule has 1 fully saturated rings. The fraction of sp³-hybridized carbons (Fsp3) is 0.333. The van der Waals surface area contributed by atoms with Crippen LogP contribution in [-0.4, -0.2) is 45.1 Å². The molecule has 1 aliphatic heterocycles. The van der Waals surface area contributed by atoms with Gasteiger partial charge in [-0.05, 0) is 73.7 Å². The second-order valence-electron chi connectivity index (χ2n) is 9.93. The van der Waals surface area contributed by atoms with E-state index in [4.69, 9.17) is 9.72 Å². The van der Waals surface area contributed by atoms with Gasteiger partial charge in [0.1, 0.15) is 0 Å². The molecular formula is C30H33N3O4S2. The fourth-order valence-corrected chi connectivity index (χ4v) is 7.40. The van der Waals surface area contributed by atoms with E-state index in [1.165, 1.54) is 27.8 Å². The van der Waals surface area contributed by atoms with Gasteiger partial charge in [0.2, 0.25) is 0 Å². The Labute approximate surface area is 234 Å². The van der Waals surface area contributed by atoms with Crippen molar-refractivity contribution in [3.8, 4) is 0 Å². The van der Waals surface area contributed by atoms with Crippen molar-refractivity contribution in [1.82, 2.24) is 4.98 Å². The number of hydrogen-bond acceptors (Lipinski definition) is 6. The number of carbonyl (C=O) groups excluding carboxylic acids is 1. The van der Waals surface area contributed by atoms with E-state index in [1.807, 2.05) is 30.3 Å². The van der Waals surface area contributed by atoms with E-state index in [9.17, 15) is 13.2 Å². The van der Waals surface area contributed by atoms with Gasteiger partial charge in [-0.2, -0.15) is 0 Å². The van der Waals surface area contributed by atoms with Crippen molar-refractivity contribution < 1.29 is 17.9 Å². The average molecular weight is 564 g/mol. The molecule has 0 bridgehead atoms. The molecule has 1 amide bonds. The Morgan fingerprint density at radius 3 is 2.44 bits per heavy atom.